The van der Waals surface area contributed by atoms with Gasteiger partial charge in [0.05, 0.1) is 6.54 Å². The fourth-order valence-electron chi connectivity index (χ4n) is 1.56. The second-order valence-corrected chi connectivity index (χ2v) is 5.27. The average molecular weight is 331 g/mol. The van der Waals surface area contributed by atoms with Gasteiger partial charge in [-0.25, -0.2) is 9.97 Å². The van der Waals surface area contributed by atoms with Crippen molar-refractivity contribution in [2.75, 3.05) is 6.61 Å². The molecule has 1 N–H and O–H groups in total. The van der Waals surface area contributed by atoms with Gasteiger partial charge in [-0.2, -0.15) is 13.2 Å². The van der Waals surface area contributed by atoms with Gasteiger partial charge in [-0.1, -0.05) is 0 Å². The molecule has 2 aromatic rings. The lowest BCUT2D eigenvalue weighted by molar-refractivity contribution is -0.154. The van der Waals surface area contributed by atoms with E-state index in [1.165, 1.54) is 29.7 Å². The van der Waals surface area contributed by atoms with E-state index in [0.717, 1.165) is 5.69 Å². The summed E-state index contributed by atoms with van der Waals surface area (Å²) in [5, 5.41) is 5.11. The molecule has 0 bridgehead atoms. The summed E-state index contributed by atoms with van der Waals surface area (Å²) in [5.74, 6) is -0.925. The van der Waals surface area contributed by atoms with E-state index < -0.39 is 18.7 Å². The van der Waals surface area contributed by atoms with E-state index >= 15 is 0 Å². The van der Waals surface area contributed by atoms with Crippen molar-refractivity contribution in [1.29, 1.82) is 0 Å². The number of hydrogen-bond acceptors (Lipinski definition) is 5. The molecule has 0 aliphatic heterocycles. The molecule has 0 saturated heterocycles. The topological polar surface area (TPSA) is 64.1 Å². The summed E-state index contributed by atoms with van der Waals surface area (Å²) in [6.45, 7) is 0.507. The van der Waals surface area contributed by atoms with Crippen LogP contribution in [-0.4, -0.2) is 28.7 Å². The molecule has 2 heterocycles. The second kappa shape index (κ2) is 6.73. The highest BCUT2D eigenvalue weighted by atomic mass is 32.1. The zero-order chi connectivity index (χ0) is 16.2. The predicted molar refractivity (Wildman–Crippen MR) is 73.8 cm³/mol. The van der Waals surface area contributed by atoms with Crippen LogP contribution < -0.4 is 10.1 Å². The van der Waals surface area contributed by atoms with Gasteiger partial charge in [0, 0.05) is 17.3 Å². The van der Waals surface area contributed by atoms with Crippen LogP contribution in [0, 0.1) is 6.92 Å². The Kier molecular flexibility index (Phi) is 4.96. The lowest BCUT2D eigenvalue weighted by Gasteiger charge is -2.11. The Morgan fingerprint density at radius 1 is 1.45 bits per heavy atom. The highest BCUT2D eigenvalue weighted by Gasteiger charge is 2.29. The van der Waals surface area contributed by atoms with Crippen molar-refractivity contribution in [2.45, 2.75) is 19.6 Å². The molecule has 2 rings (SSSR count). The predicted octanol–water partition coefficient (Wildman–Crippen LogP) is 2.72. The van der Waals surface area contributed by atoms with Gasteiger partial charge in [-0.3, -0.25) is 4.79 Å². The van der Waals surface area contributed by atoms with E-state index in [1.807, 2.05) is 12.3 Å². The quantitative estimate of drug-likeness (QED) is 0.915. The number of nitrogens with one attached hydrogen (secondary N) is 1. The number of hydrogen-bond donors (Lipinski definition) is 1. The molecular formula is C13H12F3N3O2S. The average Bonchev–Trinajstić information content (AvgIpc) is 2.88. The minimum Gasteiger partial charge on any atom is -0.467 e. The number of amides is 1. The molecule has 9 heteroatoms. The molecule has 0 atom stereocenters. The van der Waals surface area contributed by atoms with Crippen molar-refractivity contribution in [1.82, 2.24) is 15.3 Å². The number of pyridine rings is 1. The third-order valence-corrected chi connectivity index (χ3v) is 3.42. The molecule has 0 spiro atoms. The van der Waals surface area contributed by atoms with E-state index in [4.69, 9.17) is 0 Å². The summed E-state index contributed by atoms with van der Waals surface area (Å²) in [6.07, 6.45) is -3.24. The molecule has 2 aromatic heterocycles. The molecule has 22 heavy (non-hydrogen) atoms. The number of halogens is 3. The maximum Gasteiger partial charge on any atom is 0.422 e. The lowest BCUT2D eigenvalue weighted by atomic mass is 10.2. The molecule has 0 aromatic carbocycles. The molecule has 0 fully saturated rings. The molecule has 0 aliphatic rings. The molecule has 5 nitrogen and oxygen atoms in total. The summed E-state index contributed by atoms with van der Waals surface area (Å²) in [6, 6.07) is 2.80. The maximum atomic E-state index is 12.2. The van der Waals surface area contributed by atoms with Crippen molar-refractivity contribution in [2.24, 2.45) is 0 Å². The summed E-state index contributed by atoms with van der Waals surface area (Å²) in [5.41, 5.74) is 0.782. The zero-order valence-corrected chi connectivity index (χ0v) is 12.3. The van der Waals surface area contributed by atoms with Crippen LogP contribution in [0.1, 0.15) is 21.1 Å². The largest absolute Gasteiger partial charge is 0.467 e. The van der Waals surface area contributed by atoms with E-state index in [1.54, 1.807) is 0 Å². The van der Waals surface area contributed by atoms with E-state index in [9.17, 15) is 18.0 Å². The fraction of sp³-hybridized carbons (Fsp3) is 0.308. The molecule has 0 unspecified atom stereocenters. The molecular weight excluding hydrogens is 319 g/mol. The Labute approximate surface area is 128 Å². The minimum absolute atomic E-state index is 0.0555. The van der Waals surface area contributed by atoms with Gasteiger partial charge in [-0.15, -0.1) is 11.3 Å². The van der Waals surface area contributed by atoms with Crippen molar-refractivity contribution < 1.29 is 22.7 Å². The molecule has 0 saturated carbocycles. The van der Waals surface area contributed by atoms with Crippen molar-refractivity contribution in [3.8, 4) is 5.88 Å². The van der Waals surface area contributed by atoms with E-state index in [-0.39, 0.29) is 18.0 Å². The lowest BCUT2D eigenvalue weighted by Crippen LogP contribution is -2.25. The Bertz CT molecular complexity index is 658. The first-order chi connectivity index (χ1) is 10.3. The van der Waals surface area contributed by atoms with Gasteiger partial charge in [0.15, 0.2) is 6.61 Å². The number of thiazole rings is 1. The van der Waals surface area contributed by atoms with Crippen LogP contribution in [-0.2, 0) is 6.54 Å². The van der Waals surface area contributed by atoms with Crippen LogP contribution in [0.4, 0.5) is 13.2 Å². The normalized spacial score (nSPS) is 11.3. The van der Waals surface area contributed by atoms with Gasteiger partial charge in [0.25, 0.3) is 5.91 Å². The third-order valence-electron chi connectivity index (χ3n) is 2.46. The van der Waals surface area contributed by atoms with E-state index in [2.05, 4.69) is 20.0 Å². The molecule has 118 valence electrons. The smallest absolute Gasteiger partial charge is 0.422 e. The third kappa shape index (κ3) is 4.69. The van der Waals surface area contributed by atoms with Crippen LogP contribution >= 0.6 is 11.3 Å². The SMILES string of the molecule is Cc1csc(CNC(=O)c2cccnc2OCC(F)(F)F)n1. The van der Waals surface area contributed by atoms with Gasteiger partial charge in [0.2, 0.25) is 5.88 Å². The first-order valence-electron chi connectivity index (χ1n) is 6.19. The first-order valence-corrected chi connectivity index (χ1v) is 7.07. The van der Waals surface area contributed by atoms with Gasteiger partial charge in [0.1, 0.15) is 10.6 Å². The number of carbonyl (C=O) groups excluding carboxylic acids is 1. The van der Waals surface area contributed by atoms with Crippen LogP contribution in [0.15, 0.2) is 23.7 Å². The second-order valence-electron chi connectivity index (χ2n) is 4.33. The van der Waals surface area contributed by atoms with Crippen LogP contribution in [0.3, 0.4) is 0 Å². The Morgan fingerprint density at radius 3 is 2.86 bits per heavy atom. The van der Waals surface area contributed by atoms with Crippen LogP contribution in [0.2, 0.25) is 0 Å². The minimum atomic E-state index is -4.50. The number of rotatable bonds is 5. The number of alkyl halides is 3. The highest BCUT2D eigenvalue weighted by molar-refractivity contribution is 7.09. The summed E-state index contributed by atoms with van der Waals surface area (Å²) in [4.78, 5) is 19.9. The summed E-state index contributed by atoms with van der Waals surface area (Å²) >= 11 is 1.38. The number of aryl methyl sites for hydroxylation is 1. The molecule has 1 amide bonds. The number of aromatic nitrogens is 2. The summed E-state index contributed by atoms with van der Waals surface area (Å²) < 4.78 is 41.1. The molecule has 0 radical (unpaired) electrons. The van der Waals surface area contributed by atoms with Crippen molar-refractivity contribution in [3.05, 3.63) is 40.0 Å². The Hall–Kier alpha value is -2.16. The monoisotopic (exact) mass is 331 g/mol. The van der Waals surface area contributed by atoms with Gasteiger partial charge >= 0.3 is 6.18 Å². The maximum absolute atomic E-state index is 12.2. The zero-order valence-electron chi connectivity index (χ0n) is 11.5. The van der Waals surface area contributed by atoms with Crippen LogP contribution in [0.25, 0.3) is 0 Å². The van der Waals surface area contributed by atoms with Gasteiger partial charge in [-0.05, 0) is 19.1 Å². The van der Waals surface area contributed by atoms with Crippen molar-refractivity contribution in [3.63, 3.8) is 0 Å². The standard InChI is InChI=1S/C13H12F3N3O2S/c1-8-6-22-10(19-8)5-18-11(20)9-3-2-4-17-12(9)21-7-13(14,15)16/h2-4,6H,5,7H2,1H3,(H,18,20). The van der Waals surface area contributed by atoms with E-state index in [0.29, 0.717) is 5.01 Å². The first kappa shape index (κ1) is 16.2. The Morgan fingerprint density at radius 2 is 2.23 bits per heavy atom. The fourth-order valence-corrected chi connectivity index (χ4v) is 2.28. The molecule has 0 aliphatic carbocycles. The summed E-state index contributed by atoms with van der Waals surface area (Å²) in [7, 11) is 0. The van der Waals surface area contributed by atoms with Crippen LogP contribution in [0.5, 0.6) is 5.88 Å². The highest BCUT2D eigenvalue weighted by Crippen LogP contribution is 2.20. The Balaban J connectivity index is 2.02. The van der Waals surface area contributed by atoms with Gasteiger partial charge < -0.3 is 10.1 Å². The number of ether oxygens (including phenoxy) is 1. The number of carbonyl (C=O) groups is 1. The number of nitrogens with zero attached hydrogens (tertiary/aromatic N) is 2. The van der Waals surface area contributed by atoms with Crippen molar-refractivity contribution >= 4 is 17.2 Å².